The van der Waals surface area contributed by atoms with E-state index in [0.29, 0.717) is 38.3 Å². The van der Waals surface area contributed by atoms with Crippen molar-refractivity contribution in [2.45, 2.75) is 17.9 Å². The van der Waals surface area contributed by atoms with Crippen molar-refractivity contribution < 1.29 is 32.9 Å². The number of ketones is 1. The minimum absolute atomic E-state index is 0.0846. The number of aliphatic hydroxyl groups is 1. The summed E-state index contributed by atoms with van der Waals surface area (Å²) >= 11 is 0. The van der Waals surface area contributed by atoms with Crippen LogP contribution in [0.4, 0.5) is 0 Å². The summed E-state index contributed by atoms with van der Waals surface area (Å²) in [5, 5.41) is 10.4. The molecule has 0 unspecified atom stereocenters. The zero-order valence-electron chi connectivity index (χ0n) is 16.4. The molecule has 28 heavy (non-hydrogen) atoms. The Morgan fingerprint density at radius 2 is 1.61 bits per heavy atom. The van der Waals surface area contributed by atoms with Crippen LogP contribution in [-0.4, -0.2) is 95.3 Å². The van der Waals surface area contributed by atoms with Crippen LogP contribution in [0.3, 0.4) is 0 Å². The number of nitrogens with one attached hydrogen (secondary N) is 2. The lowest BCUT2D eigenvalue weighted by atomic mass is 10.2. The molecule has 1 aromatic carbocycles. The van der Waals surface area contributed by atoms with Crippen LogP contribution in [0.5, 0.6) is 0 Å². The molecule has 3 N–H and O–H groups in total. The monoisotopic (exact) mass is 413 g/mol. The first kappa shape index (κ1) is 21.4. The van der Waals surface area contributed by atoms with Gasteiger partial charge in [-0.05, 0) is 19.1 Å². The minimum Gasteiger partial charge on any atom is -0.382 e. The Balaban J connectivity index is 1.50. The lowest BCUT2D eigenvalue weighted by Gasteiger charge is -2.33. The van der Waals surface area contributed by atoms with E-state index in [0.717, 1.165) is 32.8 Å². The molecule has 2 heterocycles. The number of benzene rings is 1. The predicted octanol–water partition coefficient (Wildman–Crippen LogP) is -2.95. The number of rotatable bonds is 7. The van der Waals surface area contributed by atoms with Gasteiger partial charge in [-0.25, -0.2) is 8.42 Å². The summed E-state index contributed by atoms with van der Waals surface area (Å²) in [7, 11) is -3.55. The largest absolute Gasteiger partial charge is 0.382 e. The highest BCUT2D eigenvalue weighted by Crippen LogP contribution is 2.16. The molecule has 156 valence electrons. The molecule has 0 bridgehead atoms. The Morgan fingerprint density at radius 3 is 2.14 bits per heavy atom. The maximum atomic E-state index is 12.8. The Hall–Kier alpha value is -1.36. The molecule has 2 saturated heterocycles. The summed E-state index contributed by atoms with van der Waals surface area (Å²) in [4.78, 5) is 14.2. The van der Waals surface area contributed by atoms with E-state index in [1.807, 2.05) is 0 Å². The van der Waals surface area contributed by atoms with Gasteiger partial charge in [0.15, 0.2) is 11.9 Å². The molecule has 1 aromatic rings. The maximum absolute atomic E-state index is 12.8. The second-order valence-electron chi connectivity index (χ2n) is 7.66. The van der Waals surface area contributed by atoms with Crippen molar-refractivity contribution >= 4 is 15.8 Å². The molecule has 2 aliphatic rings. The van der Waals surface area contributed by atoms with Crippen LogP contribution >= 0.6 is 0 Å². The molecule has 2 aliphatic heterocycles. The van der Waals surface area contributed by atoms with Crippen molar-refractivity contribution in [3.8, 4) is 0 Å². The SMILES string of the molecule is CC(=O)c1ccc(S(=O)(=O)N2CC[NH+](C[C@@H](O)C[NH+]3CCOCC3)CC2)cc1. The van der Waals surface area contributed by atoms with Gasteiger partial charge in [0, 0.05) is 5.56 Å². The minimum atomic E-state index is -3.55. The third-order valence-corrected chi connectivity index (χ3v) is 7.49. The van der Waals surface area contributed by atoms with Crippen LogP contribution in [0, 0.1) is 0 Å². The maximum Gasteiger partial charge on any atom is 0.243 e. The number of carbonyl (C=O) groups excluding carboxylic acids is 1. The fraction of sp³-hybridized carbons (Fsp3) is 0.632. The van der Waals surface area contributed by atoms with E-state index in [9.17, 15) is 18.3 Å². The number of hydrogen-bond acceptors (Lipinski definition) is 5. The number of nitrogens with zero attached hydrogens (tertiary/aromatic N) is 1. The third kappa shape index (κ3) is 5.37. The Bertz CT molecular complexity index is 754. The van der Waals surface area contributed by atoms with Crippen molar-refractivity contribution in [1.29, 1.82) is 0 Å². The molecule has 0 saturated carbocycles. The molecule has 0 spiro atoms. The molecule has 9 heteroatoms. The van der Waals surface area contributed by atoms with E-state index in [-0.39, 0.29) is 16.8 Å². The molecule has 0 amide bonds. The molecule has 0 radical (unpaired) electrons. The van der Waals surface area contributed by atoms with Crippen molar-refractivity contribution in [3.05, 3.63) is 29.8 Å². The number of hydrogen-bond donors (Lipinski definition) is 3. The standard InChI is InChI=1S/C19H29N3O5S/c1-16(23)17-2-4-19(5-3-17)28(25,26)22-8-6-20(7-9-22)14-18(24)15-21-10-12-27-13-11-21/h2-5,18,24H,6-15H2,1H3/p+2/t18-/m1/s1. The van der Waals surface area contributed by atoms with Crippen molar-refractivity contribution in [2.24, 2.45) is 0 Å². The molecule has 0 aliphatic carbocycles. The van der Waals surface area contributed by atoms with Crippen molar-refractivity contribution in [2.75, 3.05) is 65.6 Å². The van der Waals surface area contributed by atoms with Gasteiger partial charge in [0.25, 0.3) is 0 Å². The first-order valence-corrected chi connectivity index (χ1v) is 11.3. The Labute approximate surface area is 166 Å². The fourth-order valence-electron chi connectivity index (χ4n) is 3.86. The van der Waals surface area contributed by atoms with Gasteiger partial charge in [-0.2, -0.15) is 4.31 Å². The molecule has 0 aromatic heterocycles. The fourth-order valence-corrected chi connectivity index (χ4v) is 5.30. The van der Waals surface area contributed by atoms with E-state index in [1.165, 1.54) is 33.2 Å². The van der Waals surface area contributed by atoms with Crippen molar-refractivity contribution in [3.63, 3.8) is 0 Å². The van der Waals surface area contributed by atoms with Crippen LogP contribution in [0.15, 0.2) is 29.2 Å². The third-order valence-electron chi connectivity index (χ3n) is 5.58. The number of piperazine rings is 1. The second-order valence-corrected chi connectivity index (χ2v) is 9.60. The Kier molecular flexibility index (Phi) is 7.19. The van der Waals surface area contributed by atoms with E-state index in [2.05, 4.69) is 0 Å². The predicted molar refractivity (Wildman–Crippen MR) is 103 cm³/mol. The zero-order chi connectivity index (χ0) is 20.1. The first-order valence-electron chi connectivity index (χ1n) is 9.90. The van der Waals surface area contributed by atoms with E-state index >= 15 is 0 Å². The summed E-state index contributed by atoms with van der Waals surface area (Å²) < 4.78 is 32.5. The quantitative estimate of drug-likeness (QED) is 0.416. The smallest absolute Gasteiger partial charge is 0.243 e. The summed E-state index contributed by atoms with van der Waals surface area (Å²) in [6.07, 6.45) is -0.384. The number of Topliss-reactive ketones (excluding diaryl/α,β-unsaturated/α-hetero) is 1. The molecule has 3 rings (SSSR count). The molecular formula is C19H31N3O5S+2. The van der Waals surface area contributed by atoms with Crippen molar-refractivity contribution in [1.82, 2.24) is 4.31 Å². The van der Waals surface area contributed by atoms with Gasteiger partial charge in [0.1, 0.15) is 26.2 Å². The highest BCUT2D eigenvalue weighted by atomic mass is 32.2. The topological polar surface area (TPSA) is 92.8 Å². The lowest BCUT2D eigenvalue weighted by molar-refractivity contribution is -0.930. The van der Waals surface area contributed by atoms with Gasteiger partial charge < -0.3 is 19.6 Å². The second kappa shape index (κ2) is 9.43. The first-order chi connectivity index (χ1) is 13.4. The van der Waals surface area contributed by atoms with Crippen LogP contribution in [0.2, 0.25) is 0 Å². The van der Waals surface area contributed by atoms with Gasteiger partial charge in [-0.3, -0.25) is 4.79 Å². The van der Waals surface area contributed by atoms with Gasteiger partial charge in [0.05, 0.1) is 44.3 Å². The molecule has 8 nitrogen and oxygen atoms in total. The number of aliphatic hydroxyl groups excluding tert-OH is 1. The van der Waals surface area contributed by atoms with E-state index in [1.54, 1.807) is 12.1 Å². The van der Waals surface area contributed by atoms with Gasteiger partial charge in [-0.1, -0.05) is 12.1 Å². The van der Waals surface area contributed by atoms with E-state index < -0.39 is 10.0 Å². The normalized spacial score (nSPS) is 21.5. The molecule has 1 atom stereocenters. The number of sulfonamides is 1. The van der Waals surface area contributed by atoms with Crippen LogP contribution < -0.4 is 9.80 Å². The molecular weight excluding hydrogens is 382 g/mol. The van der Waals surface area contributed by atoms with E-state index in [4.69, 9.17) is 4.74 Å². The average molecular weight is 414 g/mol. The van der Waals surface area contributed by atoms with Gasteiger partial charge >= 0.3 is 0 Å². The van der Waals surface area contributed by atoms with Crippen LogP contribution in [0.25, 0.3) is 0 Å². The number of morpholine rings is 1. The summed E-state index contributed by atoms with van der Waals surface area (Å²) in [6, 6.07) is 6.11. The number of carbonyl (C=O) groups is 1. The van der Waals surface area contributed by atoms with Crippen LogP contribution in [-0.2, 0) is 14.8 Å². The highest BCUT2D eigenvalue weighted by molar-refractivity contribution is 7.89. The molecule has 2 fully saturated rings. The highest BCUT2D eigenvalue weighted by Gasteiger charge is 2.32. The number of ether oxygens (including phenoxy) is 1. The van der Waals surface area contributed by atoms with Gasteiger partial charge in [-0.15, -0.1) is 0 Å². The number of quaternary nitrogens is 2. The summed E-state index contributed by atoms with van der Waals surface area (Å²) in [6.45, 7) is 8.41. The summed E-state index contributed by atoms with van der Waals surface area (Å²) in [5.41, 5.74) is 0.504. The van der Waals surface area contributed by atoms with Crippen LogP contribution in [0.1, 0.15) is 17.3 Å². The lowest BCUT2D eigenvalue weighted by Crippen LogP contribution is -3.19. The zero-order valence-corrected chi connectivity index (χ0v) is 17.2. The Morgan fingerprint density at radius 1 is 1.07 bits per heavy atom. The summed E-state index contributed by atoms with van der Waals surface area (Å²) in [5.74, 6) is -0.0846. The average Bonchev–Trinajstić information content (AvgIpc) is 2.69. The van der Waals surface area contributed by atoms with Gasteiger partial charge in [0.2, 0.25) is 10.0 Å².